The van der Waals surface area contributed by atoms with Gasteiger partial charge < -0.3 is 9.47 Å². The molecule has 0 amide bonds. The lowest BCUT2D eigenvalue weighted by atomic mass is 9.79. The van der Waals surface area contributed by atoms with Crippen LogP contribution in [0, 0.1) is 5.92 Å². The molecule has 0 N–H and O–H groups in total. The van der Waals surface area contributed by atoms with Gasteiger partial charge >= 0.3 is 0 Å². The first-order valence-corrected chi connectivity index (χ1v) is 7.18. The van der Waals surface area contributed by atoms with Crippen molar-refractivity contribution in [2.24, 2.45) is 10.3 Å². The van der Waals surface area contributed by atoms with Crippen LogP contribution in [0.4, 0.5) is 0 Å². The quantitative estimate of drug-likeness (QED) is 0.414. The summed E-state index contributed by atoms with van der Waals surface area (Å²) >= 11 is 1.63. The lowest BCUT2D eigenvalue weighted by Crippen LogP contribution is -2.49. The van der Waals surface area contributed by atoms with E-state index in [2.05, 4.69) is 25.2 Å². The summed E-state index contributed by atoms with van der Waals surface area (Å²) in [5.41, 5.74) is 0. The average molecular weight is 259 g/mol. The predicted octanol–water partition coefficient (Wildman–Crippen LogP) is 3.68. The molecule has 0 unspecified atom stereocenters. The number of rotatable bonds is 6. The van der Waals surface area contributed by atoms with Crippen molar-refractivity contribution in [2.75, 3.05) is 13.2 Å². The summed E-state index contributed by atoms with van der Waals surface area (Å²) in [6.07, 6.45) is 3.91. The predicted molar refractivity (Wildman–Crippen MR) is 74.5 cm³/mol. The van der Waals surface area contributed by atoms with E-state index in [1.54, 1.807) is 11.9 Å². The molecule has 0 spiro atoms. The van der Waals surface area contributed by atoms with Gasteiger partial charge in [-0.2, -0.15) is 0 Å². The molecule has 0 radical (unpaired) electrons. The van der Waals surface area contributed by atoms with Crippen molar-refractivity contribution in [1.82, 2.24) is 0 Å². The highest BCUT2D eigenvalue weighted by atomic mass is 32.2. The van der Waals surface area contributed by atoms with E-state index >= 15 is 0 Å². The van der Waals surface area contributed by atoms with Crippen molar-refractivity contribution in [3.05, 3.63) is 0 Å². The Labute approximate surface area is 109 Å². The fourth-order valence-corrected chi connectivity index (χ4v) is 2.47. The van der Waals surface area contributed by atoms with E-state index in [4.69, 9.17) is 9.47 Å². The minimum absolute atomic E-state index is 0.192. The van der Waals surface area contributed by atoms with Gasteiger partial charge in [0.15, 0.2) is 5.79 Å². The van der Waals surface area contributed by atoms with E-state index in [-0.39, 0.29) is 10.5 Å². The van der Waals surface area contributed by atoms with Crippen molar-refractivity contribution in [3.63, 3.8) is 0 Å². The lowest BCUT2D eigenvalue weighted by Gasteiger charge is -2.45. The second-order valence-electron chi connectivity index (χ2n) is 5.40. The lowest BCUT2D eigenvalue weighted by molar-refractivity contribution is -0.282. The van der Waals surface area contributed by atoms with Crippen LogP contribution in [-0.4, -0.2) is 30.0 Å². The molecule has 0 aromatic rings. The molecule has 1 fully saturated rings. The maximum absolute atomic E-state index is 5.69. The molecular weight excluding hydrogens is 234 g/mol. The maximum Gasteiger partial charge on any atom is 0.169 e. The molecule has 0 aromatic carbocycles. The van der Waals surface area contributed by atoms with Gasteiger partial charge in [-0.25, -0.2) is 4.40 Å². The third kappa shape index (κ3) is 4.98. The molecule has 100 valence electrons. The van der Waals surface area contributed by atoms with E-state index in [0.29, 0.717) is 19.1 Å². The zero-order chi connectivity index (χ0) is 12.9. The Morgan fingerprint density at radius 1 is 1.24 bits per heavy atom. The Morgan fingerprint density at radius 3 is 2.18 bits per heavy atom. The highest BCUT2D eigenvalue weighted by Crippen LogP contribution is 2.41. The van der Waals surface area contributed by atoms with Crippen LogP contribution < -0.4 is 0 Å². The Morgan fingerprint density at radius 2 is 1.76 bits per heavy atom. The van der Waals surface area contributed by atoms with Crippen LogP contribution in [0.15, 0.2) is 4.40 Å². The Hall–Kier alpha value is -0.0600. The summed E-state index contributed by atoms with van der Waals surface area (Å²) in [7, 11) is 0. The SMILES string of the molecule is CCOC1(OCC)CC(C=NSC(C)(C)C)C1. The van der Waals surface area contributed by atoms with Crippen LogP contribution in [0.3, 0.4) is 0 Å². The minimum Gasteiger partial charge on any atom is -0.350 e. The summed E-state index contributed by atoms with van der Waals surface area (Å²) in [5.74, 6) is 0.176. The smallest absolute Gasteiger partial charge is 0.169 e. The molecule has 0 aromatic heterocycles. The van der Waals surface area contributed by atoms with Gasteiger partial charge in [0.05, 0.1) is 0 Å². The average Bonchev–Trinajstić information content (AvgIpc) is 2.13. The first-order valence-electron chi connectivity index (χ1n) is 6.40. The number of hydrogen-bond acceptors (Lipinski definition) is 4. The van der Waals surface area contributed by atoms with E-state index in [1.165, 1.54) is 0 Å². The molecule has 3 nitrogen and oxygen atoms in total. The number of nitrogens with zero attached hydrogens (tertiary/aromatic N) is 1. The molecule has 0 bridgehead atoms. The molecule has 0 atom stereocenters. The van der Waals surface area contributed by atoms with Crippen molar-refractivity contribution in [1.29, 1.82) is 0 Å². The van der Waals surface area contributed by atoms with Crippen LogP contribution >= 0.6 is 11.9 Å². The van der Waals surface area contributed by atoms with Gasteiger partial charge in [-0.15, -0.1) is 0 Å². The second kappa shape index (κ2) is 6.21. The molecule has 0 aliphatic heterocycles. The molecule has 17 heavy (non-hydrogen) atoms. The van der Waals surface area contributed by atoms with E-state index < -0.39 is 0 Å². The topological polar surface area (TPSA) is 30.8 Å². The standard InChI is InChI=1S/C13H25NO2S/c1-6-15-13(16-7-2)8-11(9-13)10-14-17-12(3,4)5/h10-11H,6-9H2,1-5H3. The molecule has 0 saturated heterocycles. The number of hydrogen-bond donors (Lipinski definition) is 0. The number of ether oxygens (including phenoxy) is 2. The van der Waals surface area contributed by atoms with Crippen molar-refractivity contribution in [2.45, 2.75) is 58.0 Å². The third-order valence-electron chi connectivity index (χ3n) is 2.56. The molecule has 1 aliphatic carbocycles. The Kier molecular flexibility index (Phi) is 5.48. The van der Waals surface area contributed by atoms with Crippen molar-refractivity contribution >= 4 is 18.2 Å². The first kappa shape index (κ1) is 15.0. The van der Waals surface area contributed by atoms with Crippen molar-refractivity contribution < 1.29 is 9.47 Å². The summed E-state index contributed by atoms with van der Waals surface area (Å²) in [4.78, 5) is 0. The summed E-state index contributed by atoms with van der Waals surface area (Å²) in [5, 5.41) is 0. The second-order valence-corrected chi connectivity index (χ2v) is 7.02. The van der Waals surface area contributed by atoms with Crippen LogP contribution in [-0.2, 0) is 9.47 Å². The molecule has 1 aliphatic rings. The molecule has 0 heterocycles. The van der Waals surface area contributed by atoms with Crippen LogP contribution in [0.5, 0.6) is 0 Å². The van der Waals surface area contributed by atoms with E-state index in [9.17, 15) is 0 Å². The van der Waals surface area contributed by atoms with Crippen molar-refractivity contribution in [3.8, 4) is 0 Å². The van der Waals surface area contributed by atoms with Gasteiger partial charge in [-0.1, -0.05) is 0 Å². The Bertz CT molecular complexity index is 247. The summed E-state index contributed by atoms with van der Waals surface area (Å²) in [6.45, 7) is 11.9. The molecule has 1 rings (SSSR count). The first-order chi connectivity index (χ1) is 7.91. The van der Waals surface area contributed by atoms with Gasteiger partial charge in [0, 0.05) is 42.9 Å². The molecule has 4 heteroatoms. The normalized spacial score (nSPS) is 20.8. The van der Waals surface area contributed by atoms with Gasteiger partial charge in [0.1, 0.15) is 0 Å². The van der Waals surface area contributed by atoms with Crippen LogP contribution in [0.25, 0.3) is 0 Å². The molecule has 1 saturated carbocycles. The maximum atomic E-state index is 5.69. The highest BCUT2D eigenvalue weighted by molar-refractivity contribution is 7.99. The van der Waals surface area contributed by atoms with E-state index in [1.807, 2.05) is 20.1 Å². The zero-order valence-electron chi connectivity index (χ0n) is 11.7. The highest BCUT2D eigenvalue weighted by Gasteiger charge is 2.45. The minimum atomic E-state index is -0.327. The van der Waals surface area contributed by atoms with Gasteiger partial charge in [-0.05, 0) is 46.6 Å². The third-order valence-corrected chi connectivity index (χ3v) is 3.33. The monoisotopic (exact) mass is 259 g/mol. The summed E-state index contributed by atoms with van der Waals surface area (Å²) < 4.78 is 16.0. The van der Waals surface area contributed by atoms with E-state index in [0.717, 1.165) is 12.8 Å². The largest absolute Gasteiger partial charge is 0.350 e. The van der Waals surface area contributed by atoms with Crippen LogP contribution in [0.1, 0.15) is 47.5 Å². The van der Waals surface area contributed by atoms with Gasteiger partial charge in [0.25, 0.3) is 0 Å². The fraction of sp³-hybridized carbons (Fsp3) is 0.923. The zero-order valence-corrected chi connectivity index (χ0v) is 12.5. The van der Waals surface area contributed by atoms with Gasteiger partial charge in [0.2, 0.25) is 0 Å². The molecular formula is C13H25NO2S. The summed E-state index contributed by atoms with van der Waals surface area (Å²) in [6, 6.07) is 0. The Balaban J connectivity index is 2.33. The van der Waals surface area contributed by atoms with Crippen LogP contribution in [0.2, 0.25) is 0 Å². The fourth-order valence-electron chi connectivity index (χ4n) is 1.92. The van der Waals surface area contributed by atoms with Gasteiger partial charge in [-0.3, -0.25) is 0 Å².